The van der Waals surface area contributed by atoms with Crippen molar-refractivity contribution in [1.82, 2.24) is 4.57 Å². The Kier molecular flexibility index (Phi) is 5.96. The van der Waals surface area contributed by atoms with Crippen molar-refractivity contribution in [2.24, 2.45) is 0 Å². The maximum absolute atomic E-state index is 13.1. The number of aliphatic hydroxyl groups excluding tert-OH is 1. The predicted molar refractivity (Wildman–Crippen MR) is 123 cm³/mol. The van der Waals surface area contributed by atoms with Crippen molar-refractivity contribution >= 4 is 8.32 Å². The largest absolute Gasteiger partial charge is 0.485 e. The Labute approximate surface area is 185 Å². The lowest BCUT2D eigenvalue weighted by atomic mass is 9.85. The summed E-state index contributed by atoms with van der Waals surface area (Å²) >= 11 is 0. The second-order valence-corrected chi connectivity index (χ2v) is 15.1. The molecule has 2 unspecified atom stereocenters. The van der Waals surface area contributed by atoms with Crippen LogP contribution in [0.4, 0.5) is 0 Å². The Morgan fingerprint density at radius 2 is 1.94 bits per heavy atom. The number of fused-ring (bicyclic) bond motifs is 1. The van der Waals surface area contributed by atoms with Crippen molar-refractivity contribution in [3.8, 4) is 11.8 Å². The minimum absolute atomic E-state index is 0.0853. The first-order valence-corrected chi connectivity index (χ1v) is 13.4. The number of benzene rings is 1. The predicted octanol–water partition coefficient (Wildman–Crippen LogP) is 4.36. The highest BCUT2D eigenvalue weighted by Crippen LogP contribution is 2.42. The summed E-state index contributed by atoms with van der Waals surface area (Å²) in [6.45, 7) is 14.9. The molecular weight excluding hydrogens is 408 g/mol. The van der Waals surface area contributed by atoms with Gasteiger partial charge in [0.25, 0.3) is 5.56 Å². The third-order valence-corrected chi connectivity index (χ3v) is 11.0. The molecule has 2 heterocycles. The monoisotopic (exact) mass is 440 g/mol. The van der Waals surface area contributed by atoms with Gasteiger partial charge in [-0.05, 0) is 61.8 Å². The minimum atomic E-state index is -1.93. The first-order chi connectivity index (χ1) is 14.3. The van der Waals surface area contributed by atoms with Crippen LogP contribution in [0, 0.1) is 11.3 Å². The highest BCUT2D eigenvalue weighted by molar-refractivity contribution is 6.74. The van der Waals surface area contributed by atoms with E-state index >= 15 is 0 Å². The number of hydrogen-bond donors (Lipinski definition) is 1. The molecule has 166 valence electrons. The standard InChI is InChI=1S/C24H32N2O4Si/c1-23(2,3)31(6,7)29-15-17-10-11-26(20(27)13-17)21-18-12-16(14-25)8-9-19(18)30-24(4,5)22(21)28/h8-13,21-22,28H,15H2,1-7H3. The summed E-state index contributed by atoms with van der Waals surface area (Å²) in [5.41, 5.74) is 0.754. The van der Waals surface area contributed by atoms with Gasteiger partial charge in [0.15, 0.2) is 8.32 Å². The van der Waals surface area contributed by atoms with Crippen LogP contribution in [0.1, 0.15) is 57.4 Å². The molecule has 1 N–H and O–H groups in total. The fraction of sp³-hybridized carbons (Fsp3) is 0.500. The van der Waals surface area contributed by atoms with Gasteiger partial charge in [-0.15, -0.1) is 0 Å². The van der Waals surface area contributed by atoms with Gasteiger partial charge in [-0.1, -0.05) is 20.8 Å². The topological polar surface area (TPSA) is 84.5 Å². The summed E-state index contributed by atoms with van der Waals surface area (Å²) in [4.78, 5) is 13.1. The molecule has 1 aromatic carbocycles. The van der Waals surface area contributed by atoms with Gasteiger partial charge in [0, 0.05) is 17.8 Å². The van der Waals surface area contributed by atoms with E-state index in [2.05, 4.69) is 39.9 Å². The van der Waals surface area contributed by atoms with Gasteiger partial charge in [0.2, 0.25) is 0 Å². The maximum Gasteiger partial charge on any atom is 0.251 e. The molecule has 2 atom stereocenters. The molecule has 0 saturated carbocycles. The molecule has 1 aliphatic heterocycles. The molecule has 6 nitrogen and oxygen atoms in total. The van der Waals surface area contributed by atoms with E-state index in [1.807, 2.05) is 6.07 Å². The van der Waals surface area contributed by atoms with Gasteiger partial charge < -0.3 is 18.8 Å². The van der Waals surface area contributed by atoms with Crippen molar-refractivity contribution in [3.63, 3.8) is 0 Å². The third-order valence-electron chi connectivity index (χ3n) is 6.56. The Hall–Kier alpha value is -2.40. The number of nitrogens with zero attached hydrogens (tertiary/aromatic N) is 2. The van der Waals surface area contributed by atoms with Gasteiger partial charge >= 0.3 is 0 Å². The molecule has 3 rings (SSSR count). The molecule has 1 aromatic heterocycles. The third kappa shape index (κ3) is 4.47. The lowest BCUT2D eigenvalue weighted by Gasteiger charge is -2.42. The van der Waals surface area contributed by atoms with Crippen LogP contribution in [0.3, 0.4) is 0 Å². The van der Waals surface area contributed by atoms with Crippen LogP contribution in [0.25, 0.3) is 0 Å². The molecule has 1 aliphatic rings. The Morgan fingerprint density at radius 3 is 2.52 bits per heavy atom. The summed E-state index contributed by atoms with van der Waals surface area (Å²) in [6.07, 6.45) is 0.728. The van der Waals surface area contributed by atoms with E-state index in [9.17, 15) is 15.2 Å². The zero-order valence-electron chi connectivity index (χ0n) is 19.4. The second-order valence-electron chi connectivity index (χ2n) is 10.3. The van der Waals surface area contributed by atoms with Crippen LogP contribution >= 0.6 is 0 Å². The molecule has 0 amide bonds. The Morgan fingerprint density at radius 1 is 1.26 bits per heavy atom. The van der Waals surface area contributed by atoms with Crippen LogP contribution in [0.2, 0.25) is 18.1 Å². The number of pyridine rings is 1. The number of aliphatic hydroxyl groups is 1. The van der Waals surface area contributed by atoms with E-state index in [1.165, 1.54) is 4.57 Å². The molecule has 0 spiro atoms. The van der Waals surface area contributed by atoms with Gasteiger partial charge in [-0.25, -0.2) is 0 Å². The van der Waals surface area contributed by atoms with Crippen molar-refractivity contribution in [2.75, 3.05) is 0 Å². The Bertz CT molecular complexity index is 1080. The van der Waals surface area contributed by atoms with Crippen molar-refractivity contribution in [1.29, 1.82) is 5.26 Å². The summed E-state index contributed by atoms with van der Waals surface area (Å²) in [7, 11) is -1.93. The molecule has 0 aliphatic carbocycles. The first kappa shape index (κ1) is 23.3. The van der Waals surface area contributed by atoms with Crippen LogP contribution < -0.4 is 10.3 Å². The number of hydrogen-bond acceptors (Lipinski definition) is 5. The van der Waals surface area contributed by atoms with E-state index in [0.29, 0.717) is 23.5 Å². The van der Waals surface area contributed by atoms with Crippen LogP contribution in [-0.4, -0.2) is 29.7 Å². The fourth-order valence-electron chi connectivity index (χ4n) is 3.47. The zero-order valence-corrected chi connectivity index (χ0v) is 20.4. The first-order valence-electron chi connectivity index (χ1n) is 10.5. The molecule has 31 heavy (non-hydrogen) atoms. The highest BCUT2D eigenvalue weighted by Gasteiger charge is 2.44. The molecule has 7 heteroatoms. The molecule has 0 fully saturated rings. The molecule has 2 aromatic rings. The van der Waals surface area contributed by atoms with Crippen molar-refractivity contribution < 1.29 is 14.3 Å². The fourth-order valence-corrected chi connectivity index (χ4v) is 4.43. The molecule has 0 radical (unpaired) electrons. The average Bonchev–Trinajstić information content (AvgIpc) is 2.67. The van der Waals surface area contributed by atoms with Gasteiger partial charge in [-0.3, -0.25) is 4.79 Å². The summed E-state index contributed by atoms with van der Waals surface area (Å²) in [5.74, 6) is 0.566. The van der Waals surface area contributed by atoms with E-state index in [-0.39, 0.29) is 10.6 Å². The SMILES string of the molecule is CC1(C)Oc2ccc(C#N)cc2C(n2ccc(CO[Si](C)(C)C(C)(C)C)cc2=O)C1O. The van der Waals surface area contributed by atoms with E-state index < -0.39 is 26.1 Å². The summed E-state index contributed by atoms with van der Waals surface area (Å²) in [5, 5.41) is 20.5. The molecule has 0 bridgehead atoms. The molecular formula is C24H32N2O4Si. The normalized spacial score (nSPS) is 20.5. The van der Waals surface area contributed by atoms with Crippen molar-refractivity contribution in [3.05, 3.63) is 63.6 Å². The van der Waals surface area contributed by atoms with Gasteiger partial charge in [0.1, 0.15) is 17.5 Å². The van der Waals surface area contributed by atoms with Crippen LogP contribution in [-0.2, 0) is 11.0 Å². The summed E-state index contributed by atoms with van der Waals surface area (Å²) in [6, 6.07) is 9.96. The lowest BCUT2D eigenvalue weighted by molar-refractivity contribution is -0.0643. The van der Waals surface area contributed by atoms with Crippen LogP contribution in [0.15, 0.2) is 41.3 Å². The zero-order chi connectivity index (χ0) is 23.2. The van der Waals surface area contributed by atoms with E-state index in [1.54, 1.807) is 44.3 Å². The number of aromatic nitrogens is 1. The smallest absolute Gasteiger partial charge is 0.251 e. The van der Waals surface area contributed by atoms with Gasteiger partial charge in [0.05, 0.1) is 24.3 Å². The highest BCUT2D eigenvalue weighted by atomic mass is 28.4. The second kappa shape index (κ2) is 7.94. The quantitative estimate of drug-likeness (QED) is 0.714. The Balaban J connectivity index is 1.98. The van der Waals surface area contributed by atoms with E-state index in [0.717, 1.165) is 5.56 Å². The minimum Gasteiger partial charge on any atom is -0.485 e. The molecule has 0 saturated heterocycles. The number of rotatable bonds is 4. The number of nitriles is 1. The maximum atomic E-state index is 13.1. The lowest BCUT2D eigenvalue weighted by Crippen LogP contribution is -2.52. The van der Waals surface area contributed by atoms with Gasteiger partial charge in [-0.2, -0.15) is 5.26 Å². The van der Waals surface area contributed by atoms with E-state index in [4.69, 9.17) is 9.16 Å². The van der Waals surface area contributed by atoms with Crippen LogP contribution in [0.5, 0.6) is 5.75 Å². The summed E-state index contributed by atoms with van der Waals surface area (Å²) < 4.78 is 13.7. The van der Waals surface area contributed by atoms with Crippen molar-refractivity contribution in [2.45, 2.75) is 77.1 Å². The average molecular weight is 441 g/mol. The number of ether oxygens (including phenoxy) is 1.